The summed E-state index contributed by atoms with van der Waals surface area (Å²) in [5.41, 5.74) is 1.16. The first-order chi connectivity index (χ1) is 18.2. The molecule has 37 heavy (non-hydrogen) atoms. The minimum Gasteiger partial charge on any atom is -0.497 e. The molecule has 0 unspecified atom stereocenters. The largest absolute Gasteiger partial charge is 0.497 e. The number of hydrogen-bond acceptors (Lipinski definition) is 8. The summed E-state index contributed by atoms with van der Waals surface area (Å²) in [6, 6.07) is 15.3. The van der Waals surface area contributed by atoms with Crippen LogP contribution in [0, 0.1) is 0 Å². The van der Waals surface area contributed by atoms with Crippen LogP contribution in [0.1, 0.15) is 59.8 Å². The number of furan rings is 1. The Bertz CT molecular complexity index is 1480. The van der Waals surface area contributed by atoms with E-state index in [9.17, 15) is 4.79 Å². The predicted molar refractivity (Wildman–Crippen MR) is 141 cm³/mol. The van der Waals surface area contributed by atoms with Gasteiger partial charge in [0.1, 0.15) is 17.6 Å². The molecular formula is C27H28N6O3S. The van der Waals surface area contributed by atoms with Crippen molar-refractivity contribution in [1.82, 2.24) is 30.1 Å². The minimum absolute atomic E-state index is 0.167. The molecule has 1 N–H and O–H groups in total. The number of aromatic nitrogens is 5. The molecule has 0 spiro atoms. The zero-order chi connectivity index (χ0) is 25.2. The number of nitrogens with one attached hydrogen (secondary N) is 1. The number of benzene rings is 1. The van der Waals surface area contributed by atoms with E-state index in [0.717, 1.165) is 48.1 Å². The molecule has 0 amide bonds. The lowest BCUT2D eigenvalue weighted by Gasteiger charge is -2.30. The van der Waals surface area contributed by atoms with Crippen LogP contribution in [0.4, 0.5) is 0 Å². The van der Waals surface area contributed by atoms with Gasteiger partial charge in [0.25, 0.3) is 5.56 Å². The van der Waals surface area contributed by atoms with E-state index in [1.54, 1.807) is 24.7 Å². The summed E-state index contributed by atoms with van der Waals surface area (Å²) < 4.78 is 13.1. The van der Waals surface area contributed by atoms with Crippen molar-refractivity contribution in [3.8, 4) is 5.75 Å². The highest BCUT2D eigenvalue weighted by atomic mass is 32.1. The van der Waals surface area contributed by atoms with Crippen molar-refractivity contribution in [2.75, 3.05) is 7.11 Å². The van der Waals surface area contributed by atoms with Crippen molar-refractivity contribution in [2.45, 2.75) is 50.9 Å². The SMILES string of the molecule is COc1ccc2[nH]c(=O)c([C@H](c3nnnn3C3CCCC3)N(Cc3ccco3)Cc3cccs3)cc2c1. The van der Waals surface area contributed by atoms with Gasteiger partial charge in [0.2, 0.25) is 0 Å². The molecule has 190 valence electrons. The molecule has 1 aliphatic carbocycles. The normalized spacial score (nSPS) is 15.1. The van der Waals surface area contributed by atoms with Crippen LogP contribution in [0.15, 0.2) is 69.4 Å². The molecule has 0 bridgehead atoms. The zero-order valence-corrected chi connectivity index (χ0v) is 21.4. The van der Waals surface area contributed by atoms with Gasteiger partial charge in [-0.1, -0.05) is 18.9 Å². The Morgan fingerprint density at radius 2 is 2.08 bits per heavy atom. The second-order valence-corrected chi connectivity index (χ2v) is 10.4. The monoisotopic (exact) mass is 516 g/mol. The average Bonchev–Trinajstić information content (AvgIpc) is 3.73. The molecule has 4 heterocycles. The van der Waals surface area contributed by atoms with Gasteiger partial charge < -0.3 is 14.1 Å². The Hall–Kier alpha value is -3.76. The van der Waals surface area contributed by atoms with Crippen molar-refractivity contribution in [1.29, 1.82) is 0 Å². The van der Waals surface area contributed by atoms with E-state index in [0.29, 0.717) is 24.5 Å². The fourth-order valence-corrected chi connectivity index (χ4v) is 5.99. The third kappa shape index (κ3) is 4.82. The molecule has 1 saturated carbocycles. The zero-order valence-electron chi connectivity index (χ0n) is 20.5. The third-order valence-corrected chi connectivity index (χ3v) is 7.91. The Balaban J connectivity index is 1.53. The molecule has 9 nitrogen and oxygen atoms in total. The van der Waals surface area contributed by atoms with Gasteiger partial charge in [-0.05, 0) is 71.1 Å². The predicted octanol–water partition coefficient (Wildman–Crippen LogP) is 5.08. The topological polar surface area (TPSA) is 102 Å². The Morgan fingerprint density at radius 1 is 1.19 bits per heavy atom. The number of nitrogens with zero attached hydrogens (tertiary/aromatic N) is 5. The third-order valence-electron chi connectivity index (χ3n) is 7.05. The number of thiophene rings is 1. The lowest BCUT2D eigenvalue weighted by molar-refractivity contribution is 0.178. The van der Waals surface area contributed by atoms with Gasteiger partial charge in [-0.3, -0.25) is 9.69 Å². The number of aromatic amines is 1. The number of H-pyrrole nitrogens is 1. The van der Waals surface area contributed by atoms with Crippen LogP contribution in [0.25, 0.3) is 10.9 Å². The summed E-state index contributed by atoms with van der Waals surface area (Å²) in [4.78, 5) is 20.1. The Morgan fingerprint density at radius 3 is 2.84 bits per heavy atom. The smallest absolute Gasteiger partial charge is 0.253 e. The first-order valence-corrected chi connectivity index (χ1v) is 13.3. The van der Waals surface area contributed by atoms with Gasteiger partial charge >= 0.3 is 0 Å². The van der Waals surface area contributed by atoms with E-state index in [2.05, 4.69) is 36.9 Å². The van der Waals surface area contributed by atoms with Crippen molar-refractivity contribution in [3.63, 3.8) is 0 Å². The average molecular weight is 517 g/mol. The highest BCUT2D eigenvalue weighted by Gasteiger charge is 2.34. The number of ether oxygens (including phenoxy) is 1. The summed E-state index contributed by atoms with van der Waals surface area (Å²) >= 11 is 1.68. The van der Waals surface area contributed by atoms with Crippen molar-refractivity contribution >= 4 is 22.2 Å². The highest BCUT2D eigenvalue weighted by Crippen LogP contribution is 2.35. The van der Waals surface area contributed by atoms with Crippen LogP contribution in [-0.2, 0) is 13.1 Å². The van der Waals surface area contributed by atoms with Crippen LogP contribution in [0.5, 0.6) is 5.75 Å². The van der Waals surface area contributed by atoms with Crippen molar-refractivity contribution < 1.29 is 9.15 Å². The Kier molecular flexibility index (Phi) is 6.58. The second kappa shape index (κ2) is 10.3. The quantitative estimate of drug-likeness (QED) is 0.291. The van der Waals surface area contributed by atoms with E-state index in [4.69, 9.17) is 9.15 Å². The van der Waals surface area contributed by atoms with Crippen molar-refractivity contribution in [3.05, 3.63) is 92.6 Å². The molecule has 0 saturated heterocycles. The van der Waals surface area contributed by atoms with Crippen LogP contribution in [0.2, 0.25) is 0 Å². The van der Waals surface area contributed by atoms with Crippen LogP contribution in [-0.4, -0.2) is 37.2 Å². The summed E-state index contributed by atoms with van der Waals surface area (Å²) in [6.45, 7) is 1.10. The minimum atomic E-state index is -0.498. The van der Waals surface area contributed by atoms with Gasteiger partial charge in [-0.2, -0.15) is 0 Å². The molecule has 10 heteroatoms. The van der Waals surface area contributed by atoms with Gasteiger partial charge in [-0.15, -0.1) is 16.4 Å². The molecule has 1 aromatic carbocycles. The maximum absolute atomic E-state index is 13.7. The van der Waals surface area contributed by atoms with E-state index in [1.807, 2.05) is 47.1 Å². The summed E-state index contributed by atoms with van der Waals surface area (Å²) in [5.74, 6) is 2.20. The first kappa shape index (κ1) is 23.6. The number of rotatable bonds is 9. The maximum atomic E-state index is 13.7. The van der Waals surface area contributed by atoms with E-state index >= 15 is 0 Å². The lowest BCUT2D eigenvalue weighted by Crippen LogP contribution is -2.35. The van der Waals surface area contributed by atoms with Crippen LogP contribution < -0.4 is 10.3 Å². The molecule has 0 aliphatic heterocycles. The number of pyridine rings is 1. The van der Waals surface area contributed by atoms with E-state index in [-0.39, 0.29) is 11.6 Å². The number of methoxy groups -OCH3 is 1. The van der Waals surface area contributed by atoms with Gasteiger partial charge in [0.15, 0.2) is 5.82 Å². The molecule has 5 aromatic rings. The van der Waals surface area contributed by atoms with Crippen LogP contribution in [0.3, 0.4) is 0 Å². The number of hydrogen-bond donors (Lipinski definition) is 1. The number of tetrazole rings is 1. The van der Waals surface area contributed by atoms with Gasteiger partial charge in [0.05, 0.1) is 26.0 Å². The van der Waals surface area contributed by atoms with E-state index in [1.165, 1.54) is 4.88 Å². The van der Waals surface area contributed by atoms with E-state index < -0.39 is 6.04 Å². The van der Waals surface area contributed by atoms with Crippen molar-refractivity contribution in [2.24, 2.45) is 0 Å². The molecule has 1 atom stereocenters. The molecule has 6 rings (SSSR count). The molecule has 1 aliphatic rings. The number of fused-ring (bicyclic) bond motifs is 1. The summed E-state index contributed by atoms with van der Waals surface area (Å²) in [5, 5.41) is 16.0. The molecular weight excluding hydrogens is 488 g/mol. The lowest BCUT2D eigenvalue weighted by atomic mass is 10.0. The molecule has 0 radical (unpaired) electrons. The fraction of sp³-hybridized carbons (Fsp3) is 0.333. The second-order valence-electron chi connectivity index (χ2n) is 9.39. The summed E-state index contributed by atoms with van der Waals surface area (Å²) in [7, 11) is 1.64. The Labute approximate surface area is 217 Å². The summed E-state index contributed by atoms with van der Waals surface area (Å²) in [6.07, 6.45) is 6.02. The molecule has 1 fully saturated rings. The molecule has 4 aromatic heterocycles. The highest BCUT2D eigenvalue weighted by molar-refractivity contribution is 7.09. The standard InChI is InChI=1S/C27H28N6O3S/c1-35-20-10-11-24-18(14-20)15-23(27(34)28-24)25(26-29-30-31-33(26)19-6-2-3-7-19)32(16-21-8-4-12-36-21)17-22-9-5-13-37-22/h4-5,8-15,19,25H,2-3,6-7,16-17H2,1H3,(H,28,34)/t25-/m1/s1. The fourth-order valence-electron chi connectivity index (χ4n) is 5.26. The van der Waals surface area contributed by atoms with Crippen LogP contribution >= 0.6 is 11.3 Å². The maximum Gasteiger partial charge on any atom is 0.253 e. The first-order valence-electron chi connectivity index (χ1n) is 12.5. The van der Waals surface area contributed by atoms with Gasteiger partial charge in [-0.25, -0.2) is 4.68 Å². The van der Waals surface area contributed by atoms with Gasteiger partial charge in [0, 0.05) is 27.9 Å².